The maximum absolute atomic E-state index is 12.3. The van der Waals surface area contributed by atoms with E-state index in [2.05, 4.69) is 16.5 Å². The first kappa shape index (κ1) is 21.8. The molecule has 0 radical (unpaired) electrons. The van der Waals surface area contributed by atoms with Crippen LogP contribution >= 0.6 is 0 Å². The number of methoxy groups -OCH3 is 1. The average Bonchev–Trinajstić information content (AvgIpc) is 2.82. The zero-order valence-corrected chi connectivity index (χ0v) is 17.6. The van der Waals surface area contributed by atoms with Crippen molar-refractivity contribution in [3.8, 4) is 22.9 Å². The second-order valence-corrected chi connectivity index (χ2v) is 6.43. The van der Waals surface area contributed by atoms with Crippen LogP contribution in [0.4, 0.5) is 0 Å². The molecule has 31 heavy (non-hydrogen) atoms. The largest absolute Gasteiger partial charge is 0.493 e. The van der Waals surface area contributed by atoms with E-state index in [0.717, 1.165) is 11.1 Å². The van der Waals surface area contributed by atoms with Crippen LogP contribution in [0.2, 0.25) is 0 Å². The Morgan fingerprint density at radius 1 is 1.03 bits per heavy atom. The fraction of sp³-hybridized carbons (Fsp3) is 0.160. The summed E-state index contributed by atoms with van der Waals surface area (Å²) < 4.78 is 16.1. The minimum atomic E-state index is -0.484. The number of aromatic nitrogens is 2. The number of rotatable bonds is 9. The molecule has 0 spiro atoms. The van der Waals surface area contributed by atoms with Crippen molar-refractivity contribution in [2.75, 3.05) is 20.3 Å². The van der Waals surface area contributed by atoms with Gasteiger partial charge in [-0.15, -0.1) is 0 Å². The van der Waals surface area contributed by atoms with E-state index in [1.54, 1.807) is 26.2 Å². The third-order valence-corrected chi connectivity index (χ3v) is 4.25. The molecule has 0 saturated heterocycles. The van der Waals surface area contributed by atoms with Gasteiger partial charge in [0.05, 0.1) is 19.4 Å². The Labute approximate surface area is 181 Å². The van der Waals surface area contributed by atoms with Crippen molar-refractivity contribution < 1.29 is 19.0 Å². The molecule has 6 nitrogen and oxygen atoms in total. The van der Waals surface area contributed by atoms with Crippen molar-refractivity contribution in [2.45, 2.75) is 6.92 Å². The lowest BCUT2D eigenvalue weighted by Crippen LogP contribution is -2.09. The standard InChI is InChI=1S/C25H24N2O4/c1-4-15-31-22-14-12-18(16-23(22)29-3)11-13-20-17-21(25(28)30-5-2)27-24(26-20)19-9-7-6-8-10-19/h4,6-14,16-17H,1,5,15H2,2-3H3. The van der Waals surface area contributed by atoms with Gasteiger partial charge >= 0.3 is 5.97 Å². The van der Waals surface area contributed by atoms with Gasteiger partial charge in [0.1, 0.15) is 6.61 Å². The molecular formula is C25H24N2O4. The molecule has 3 aromatic rings. The van der Waals surface area contributed by atoms with Crippen LogP contribution < -0.4 is 9.47 Å². The van der Waals surface area contributed by atoms with Crippen molar-refractivity contribution in [3.05, 3.63) is 84.2 Å². The van der Waals surface area contributed by atoms with E-state index in [0.29, 0.717) is 29.6 Å². The van der Waals surface area contributed by atoms with Gasteiger partial charge in [-0.3, -0.25) is 0 Å². The van der Waals surface area contributed by atoms with Gasteiger partial charge in [0.25, 0.3) is 0 Å². The molecule has 158 valence electrons. The Kier molecular flexibility index (Phi) is 7.54. The van der Waals surface area contributed by atoms with Crippen LogP contribution in [0.3, 0.4) is 0 Å². The van der Waals surface area contributed by atoms with E-state index in [4.69, 9.17) is 14.2 Å². The zero-order valence-electron chi connectivity index (χ0n) is 17.6. The Balaban J connectivity index is 1.94. The lowest BCUT2D eigenvalue weighted by atomic mass is 10.1. The van der Waals surface area contributed by atoms with Crippen LogP contribution in [0.5, 0.6) is 11.5 Å². The second-order valence-electron chi connectivity index (χ2n) is 6.43. The van der Waals surface area contributed by atoms with E-state index in [1.807, 2.05) is 60.7 Å². The Bertz CT molecular complexity index is 1080. The highest BCUT2D eigenvalue weighted by Crippen LogP contribution is 2.29. The summed E-state index contributed by atoms with van der Waals surface area (Å²) in [7, 11) is 1.59. The van der Waals surface area contributed by atoms with Crippen molar-refractivity contribution in [1.82, 2.24) is 9.97 Å². The first-order valence-corrected chi connectivity index (χ1v) is 9.86. The lowest BCUT2D eigenvalue weighted by molar-refractivity contribution is 0.0519. The monoisotopic (exact) mass is 416 g/mol. The number of ether oxygens (including phenoxy) is 3. The number of carbonyl (C=O) groups excluding carboxylic acids is 1. The lowest BCUT2D eigenvalue weighted by Gasteiger charge is -2.10. The summed E-state index contributed by atoms with van der Waals surface area (Å²) in [4.78, 5) is 21.3. The fourth-order valence-electron chi connectivity index (χ4n) is 2.81. The second kappa shape index (κ2) is 10.7. The Morgan fingerprint density at radius 3 is 2.55 bits per heavy atom. The fourth-order valence-corrected chi connectivity index (χ4v) is 2.81. The van der Waals surface area contributed by atoms with Gasteiger partial charge in [0, 0.05) is 5.56 Å². The number of benzene rings is 2. The summed E-state index contributed by atoms with van der Waals surface area (Å²) in [6, 6.07) is 16.7. The van der Waals surface area contributed by atoms with Crippen molar-refractivity contribution in [1.29, 1.82) is 0 Å². The van der Waals surface area contributed by atoms with Crippen molar-refractivity contribution in [2.24, 2.45) is 0 Å². The molecule has 3 rings (SSSR count). The van der Waals surface area contributed by atoms with Gasteiger partial charge in [-0.2, -0.15) is 0 Å². The van der Waals surface area contributed by atoms with Crippen molar-refractivity contribution >= 4 is 18.1 Å². The highest BCUT2D eigenvalue weighted by atomic mass is 16.5. The molecule has 0 amide bonds. The number of hydrogen-bond donors (Lipinski definition) is 0. The quantitative estimate of drug-likeness (QED) is 0.359. The summed E-state index contributed by atoms with van der Waals surface area (Å²) in [6.07, 6.45) is 5.37. The highest BCUT2D eigenvalue weighted by molar-refractivity contribution is 5.88. The van der Waals surface area contributed by atoms with Crippen LogP contribution in [-0.2, 0) is 4.74 Å². The van der Waals surface area contributed by atoms with Gasteiger partial charge in [-0.05, 0) is 36.8 Å². The van der Waals surface area contributed by atoms with E-state index in [-0.39, 0.29) is 12.3 Å². The molecule has 0 bridgehead atoms. The first-order valence-electron chi connectivity index (χ1n) is 9.86. The van der Waals surface area contributed by atoms with Crippen LogP contribution in [-0.4, -0.2) is 36.3 Å². The minimum absolute atomic E-state index is 0.209. The number of esters is 1. The van der Waals surface area contributed by atoms with Crippen LogP contribution in [0.15, 0.2) is 67.3 Å². The van der Waals surface area contributed by atoms with Crippen molar-refractivity contribution in [3.63, 3.8) is 0 Å². The molecule has 2 aromatic carbocycles. The topological polar surface area (TPSA) is 70.5 Å². The Morgan fingerprint density at radius 2 is 1.84 bits per heavy atom. The minimum Gasteiger partial charge on any atom is -0.493 e. The Hall–Kier alpha value is -3.93. The maximum Gasteiger partial charge on any atom is 0.357 e. The molecule has 0 saturated carbocycles. The van der Waals surface area contributed by atoms with E-state index in [1.165, 1.54) is 0 Å². The van der Waals surface area contributed by atoms with Gasteiger partial charge in [0.2, 0.25) is 0 Å². The molecule has 6 heteroatoms. The van der Waals surface area contributed by atoms with Crippen LogP contribution in [0.25, 0.3) is 23.5 Å². The highest BCUT2D eigenvalue weighted by Gasteiger charge is 2.13. The molecular weight excluding hydrogens is 392 g/mol. The number of nitrogens with zero attached hydrogens (tertiary/aromatic N) is 2. The van der Waals surface area contributed by atoms with Gasteiger partial charge in [-0.25, -0.2) is 14.8 Å². The third kappa shape index (κ3) is 5.79. The smallest absolute Gasteiger partial charge is 0.357 e. The van der Waals surface area contributed by atoms with E-state index >= 15 is 0 Å². The molecule has 0 unspecified atom stereocenters. The molecule has 0 fully saturated rings. The predicted molar refractivity (Wildman–Crippen MR) is 121 cm³/mol. The summed E-state index contributed by atoms with van der Waals surface area (Å²) in [5, 5.41) is 0. The normalized spacial score (nSPS) is 10.6. The van der Waals surface area contributed by atoms with E-state index < -0.39 is 5.97 Å². The first-order chi connectivity index (χ1) is 15.1. The molecule has 0 aliphatic heterocycles. The van der Waals surface area contributed by atoms with Gasteiger partial charge in [-0.1, -0.05) is 55.1 Å². The third-order valence-electron chi connectivity index (χ3n) is 4.25. The molecule has 0 N–H and O–H groups in total. The molecule has 0 aliphatic rings. The summed E-state index contributed by atoms with van der Waals surface area (Å²) in [6.45, 7) is 6.07. The number of hydrogen-bond acceptors (Lipinski definition) is 6. The van der Waals surface area contributed by atoms with Gasteiger partial charge in [0.15, 0.2) is 23.0 Å². The van der Waals surface area contributed by atoms with E-state index in [9.17, 15) is 4.79 Å². The summed E-state index contributed by atoms with van der Waals surface area (Å²) in [5.74, 6) is 1.22. The molecule has 0 atom stereocenters. The SMILES string of the molecule is C=CCOc1ccc(C=Cc2cc(C(=O)OCC)nc(-c3ccccc3)n2)cc1OC. The summed E-state index contributed by atoms with van der Waals surface area (Å²) in [5.41, 5.74) is 2.50. The van der Waals surface area contributed by atoms with Crippen LogP contribution in [0.1, 0.15) is 28.7 Å². The maximum atomic E-state index is 12.3. The zero-order chi connectivity index (χ0) is 22.1. The average molecular weight is 416 g/mol. The number of carbonyl (C=O) groups is 1. The summed E-state index contributed by atoms with van der Waals surface area (Å²) >= 11 is 0. The predicted octanol–water partition coefficient (Wildman–Crippen LogP) is 5.06. The molecule has 1 heterocycles. The molecule has 1 aromatic heterocycles. The van der Waals surface area contributed by atoms with Crippen LogP contribution in [0, 0.1) is 0 Å². The molecule has 0 aliphatic carbocycles. The van der Waals surface area contributed by atoms with Gasteiger partial charge < -0.3 is 14.2 Å².